The molecule has 0 saturated carbocycles. The number of benzene rings is 2. The molecule has 2 aromatic heterocycles. The predicted molar refractivity (Wildman–Crippen MR) is 122 cm³/mol. The van der Waals surface area contributed by atoms with E-state index in [1.54, 1.807) is 0 Å². The minimum absolute atomic E-state index is 0.111. The highest BCUT2D eigenvalue weighted by Gasteiger charge is 2.15. The Kier molecular flexibility index (Phi) is 6.79. The van der Waals surface area contributed by atoms with Crippen molar-refractivity contribution in [1.82, 2.24) is 9.97 Å². The quantitative estimate of drug-likeness (QED) is 0.341. The Balaban J connectivity index is 1.36. The largest absolute Gasteiger partial charge is 0.494 e. The number of anilines is 1. The van der Waals surface area contributed by atoms with Gasteiger partial charge in [-0.3, -0.25) is 4.79 Å². The Bertz CT molecular complexity index is 1270. The van der Waals surface area contributed by atoms with Gasteiger partial charge in [0, 0.05) is 29.3 Å². The summed E-state index contributed by atoms with van der Waals surface area (Å²) < 4.78 is 38.0. The Hall–Kier alpha value is -3.59. The molecule has 2 heterocycles. The summed E-state index contributed by atoms with van der Waals surface area (Å²) in [7, 11) is 0. The van der Waals surface area contributed by atoms with Gasteiger partial charge in [-0.05, 0) is 50.2 Å². The number of hydrogen-bond acceptors (Lipinski definition) is 6. The van der Waals surface area contributed by atoms with Crippen molar-refractivity contribution in [1.29, 1.82) is 0 Å². The van der Waals surface area contributed by atoms with Gasteiger partial charge in [0.1, 0.15) is 17.4 Å². The summed E-state index contributed by atoms with van der Waals surface area (Å²) in [6.45, 7) is 4.48. The number of rotatable bonds is 8. The molecular formula is C24H21F2N3O3S. The van der Waals surface area contributed by atoms with Crippen molar-refractivity contribution in [3.05, 3.63) is 71.1 Å². The fourth-order valence-electron chi connectivity index (χ4n) is 3.24. The number of thiazole rings is 1. The molecule has 0 fully saturated rings. The van der Waals surface area contributed by atoms with Crippen LogP contribution in [0, 0.1) is 18.6 Å². The van der Waals surface area contributed by atoms with Gasteiger partial charge in [-0.1, -0.05) is 0 Å². The van der Waals surface area contributed by atoms with E-state index in [-0.39, 0.29) is 36.0 Å². The second-order valence-electron chi connectivity index (χ2n) is 7.17. The Morgan fingerprint density at radius 1 is 1.18 bits per heavy atom. The van der Waals surface area contributed by atoms with Crippen LogP contribution in [0.1, 0.15) is 24.1 Å². The second kappa shape index (κ2) is 9.91. The summed E-state index contributed by atoms with van der Waals surface area (Å²) in [5.74, 6) is -0.393. The lowest BCUT2D eigenvalue weighted by atomic mass is 10.1. The molecule has 0 radical (unpaired) electrons. The molecule has 0 atom stereocenters. The monoisotopic (exact) mass is 469 g/mol. The van der Waals surface area contributed by atoms with Crippen molar-refractivity contribution in [2.45, 2.75) is 26.7 Å². The number of ether oxygens (including phenoxy) is 1. The fourth-order valence-corrected chi connectivity index (χ4v) is 4.09. The number of aromatic nitrogens is 2. The van der Waals surface area contributed by atoms with Crippen LogP contribution in [0.2, 0.25) is 0 Å². The van der Waals surface area contributed by atoms with E-state index in [4.69, 9.17) is 9.15 Å². The van der Waals surface area contributed by atoms with Crippen LogP contribution in [0.3, 0.4) is 0 Å². The molecule has 1 amide bonds. The summed E-state index contributed by atoms with van der Waals surface area (Å²) in [6, 6.07) is 10.9. The molecule has 0 unspecified atom stereocenters. The van der Waals surface area contributed by atoms with E-state index in [2.05, 4.69) is 15.3 Å². The first-order chi connectivity index (χ1) is 15.9. The first-order valence-electron chi connectivity index (χ1n) is 10.3. The van der Waals surface area contributed by atoms with E-state index in [9.17, 15) is 13.6 Å². The maximum atomic E-state index is 13.9. The molecule has 2 aromatic carbocycles. The van der Waals surface area contributed by atoms with E-state index < -0.39 is 11.6 Å². The first-order valence-corrected chi connectivity index (χ1v) is 11.1. The normalized spacial score (nSPS) is 10.9. The van der Waals surface area contributed by atoms with Gasteiger partial charge in [-0.15, -0.1) is 11.3 Å². The number of carbonyl (C=O) groups excluding carboxylic acids is 1. The summed E-state index contributed by atoms with van der Waals surface area (Å²) in [5.41, 5.74) is 1.85. The zero-order valence-corrected chi connectivity index (χ0v) is 18.8. The highest BCUT2D eigenvalue weighted by Crippen LogP contribution is 2.31. The lowest BCUT2D eigenvalue weighted by molar-refractivity contribution is -0.116. The van der Waals surface area contributed by atoms with E-state index in [1.165, 1.54) is 23.6 Å². The topological polar surface area (TPSA) is 77.2 Å². The van der Waals surface area contributed by atoms with Crippen LogP contribution >= 0.6 is 11.3 Å². The van der Waals surface area contributed by atoms with Crippen molar-refractivity contribution in [2.75, 3.05) is 11.9 Å². The zero-order valence-electron chi connectivity index (χ0n) is 18.0. The zero-order chi connectivity index (χ0) is 23.4. The molecule has 0 bridgehead atoms. The number of oxazole rings is 1. The lowest BCUT2D eigenvalue weighted by Gasteiger charge is -2.04. The minimum atomic E-state index is -0.738. The molecule has 9 heteroatoms. The maximum absolute atomic E-state index is 13.9. The van der Waals surface area contributed by atoms with Crippen LogP contribution in [0.15, 0.2) is 53.1 Å². The van der Waals surface area contributed by atoms with E-state index in [0.717, 1.165) is 34.0 Å². The Morgan fingerprint density at radius 3 is 2.70 bits per heavy atom. The number of halogens is 2. The van der Waals surface area contributed by atoms with Gasteiger partial charge in [0.15, 0.2) is 16.8 Å². The van der Waals surface area contributed by atoms with Crippen LogP contribution in [-0.2, 0) is 11.2 Å². The number of nitrogens with one attached hydrogen (secondary N) is 1. The van der Waals surface area contributed by atoms with Crippen molar-refractivity contribution < 1.29 is 22.7 Å². The van der Waals surface area contributed by atoms with Gasteiger partial charge < -0.3 is 14.5 Å². The van der Waals surface area contributed by atoms with Crippen molar-refractivity contribution in [3.63, 3.8) is 0 Å². The molecule has 170 valence electrons. The number of amides is 1. The third-order valence-electron chi connectivity index (χ3n) is 4.80. The molecule has 33 heavy (non-hydrogen) atoms. The van der Waals surface area contributed by atoms with E-state index >= 15 is 0 Å². The number of aryl methyl sites for hydroxylation is 2. The average Bonchev–Trinajstić information content (AvgIpc) is 3.39. The molecule has 0 aliphatic heterocycles. The predicted octanol–water partition coefficient (Wildman–Crippen LogP) is 6.02. The molecular weight excluding hydrogens is 448 g/mol. The molecule has 0 saturated heterocycles. The Morgan fingerprint density at radius 2 is 1.97 bits per heavy atom. The number of carbonyl (C=O) groups is 1. The highest BCUT2D eigenvalue weighted by molar-refractivity contribution is 7.16. The SMILES string of the molecule is CCOc1ccc(-c2nc(NC(=O)CCc3ncc(-c4ccc(F)cc4F)o3)sc2C)cc1. The summed E-state index contributed by atoms with van der Waals surface area (Å²) in [6.07, 6.45) is 1.70. The van der Waals surface area contributed by atoms with Crippen LogP contribution in [0.4, 0.5) is 13.9 Å². The van der Waals surface area contributed by atoms with Crippen LogP contribution in [0.5, 0.6) is 5.75 Å². The summed E-state index contributed by atoms with van der Waals surface area (Å²) >= 11 is 1.39. The van der Waals surface area contributed by atoms with Gasteiger partial charge in [-0.2, -0.15) is 0 Å². The van der Waals surface area contributed by atoms with Crippen LogP contribution in [0.25, 0.3) is 22.6 Å². The molecule has 0 aliphatic carbocycles. The highest BCUT2D eigenvalue weighted by atomic mass is 32.1. The Labute approximate surface area is 193 Å². The molecule has 0 aliphatic rings. The first kappa shape index (κ1) is 22.6. The number of hydrogen-bond donors (Lipinski definition) is 1. The standard InChI is InChI=1S/C24H21F2N3O3S/c1-3-31-17-7-4-15(5-8-17)23-14(2)33-24(29-23)28-21(30)10-11-22-27-13-20(32-22)18-9-6-16(25)12-19(18)26/h4-9,12-13H,3,10-11H2,1-2H3,(H,28,29,30). The summed E-state index contributed by atoms with van der Waals surface area (Å²) in [4.78, 5) is 22.0. The van der Waals surface area contributed by atoms with Crippen molar-refractivity contribution in [3.8, 4) is 28.3 Å². The van der Waals surface area contributed by atoms with Gasteiger partial charge in [-0.25, -0.2) is 18.7 Å². The van der Waals surface area contributed by atoms with Gasteiger partial charge in [0.25, 0.3) is 0 Å². The third kappa shape index (κ3) is 5.43. The molecule has 4 rings (SSSR count). The molecule has 4 aromatic rings. The van der Waals surface area contributed by atoms with Crippen molar-refractivity contribution in [2.24, 2.45) is 0 Å². The van der Waals surface area contributed by atoms with Crippen molar-refractivity contribution >= 4 is 22.4 Å². The van der Waals surface area contributed by atoms with E-state index in [1.807, 2.05) is 38.1 Å². The van der Waals surface area contributed by atoms with Gasteiger partial charge in [0.2, 0.25) is 5.91 Å². The van der Waals surface area contributed by atoms with Crippen LogP contribution in [-0.4, -0.2) is 22.5 Å². The third-order valence-corrected chi connectivity index (χ3v) is 5.68. The van der Waals surface area contributed by atoms with Gasteiger partial charge >= 0.3 is 0 Å². The minimum Gasteiger partial charge on any atom is -0.494 e. The molecule has 1 N–H and O–H groups in total. The molecule has 6 nitrogen and oxygen atoms in total. The average molecular weight is 470 g/mol. The second-order valence-corrected chi connectivity index (χ2v) is 8.37. The summed E-state index contributed by atoms with van der Waals surface area (Å²) in [5, 5.41) is 3.30. The van der Waals surface area contributed by atoms with E-state index in [0.29, 0.717) is 11.7 Å². The smallest absolute Gasteiger partial charge is 0.226 e. The number of nitrogens with zero attached hydrogens (tertiary/aromatic N) is 2. The van der Waals surface area contributed by atoms with Gasteiger partial charge in [0.05, 0.1) is 24.1 Å². The molecule has 0 spiro atoms. The maximum Gasteiger partial charge on any atom is 0.226 e. The van der Waals surface area contributed by atoms with Crippen LogP contribution < -0.4 is 10.1 Å². The fraction of sp³-hybridized carbons (Fsp3) is 0.208. The lowest BCUT2D eigenvalue weighted by Crippen LogP contribution is -2.12.